The second-order valence-electron chi connectivity index (χ2n) is 4.22. The first-order valence-corrected chi connectivity index (χ1v) is 10.5. The smallest absolute Gasteiger partial charge is 0.191 e. The maximum Gasteiger partial charge on any atom is 0.191 e. The molecule has 0 atom stereocenters. The molecule has 0 heterocycles. The second-order valence-corrected chi connectivity index (χ2v) is 10.9. The van der Waals surface area contributed by atoms with Gasteiger partial charge in [-0.2, -0.15) is 0 Å². The highest BCUT2D eigenvalue weighted by Gasteiger charge is 2.22. The third-order valence-corrected chi connectivity index (χ3v) is 7.26. The van der Waals surface area contributed by atoms with E-state index in [-0.39, 0.29) is 0 Å². The fourth-order valence-electron chi connectivity index (χ4n) is 1.40. The van der Waals surface area contributed by atoms with Crippen LogP contribution in [-0.4, -0.2) is 31.1 Å². The summed E-state index contributed by atoms with van der Waals surface area (Å²) in [6.07, 6.45) is 2.42. The molecule has 0 bridgehead atoms. The Morgan fingerprint density at radius 1 is 1.15 bits per heavy atom. The lowest BCUT2D eigenvalue weighted by molar-refractivity contribution is 0.194. The minimum absolute atomic E-state index is 0.503. The number of methoxy groups -OCH3 is 1. The Kier molecular flexibility index (Phi) is 6.94. The largest absolute Gasteiger partial charge is 0.456 e. The summed E-state index contributed by atoms with van der Waals surface area (Å²) < 4.78 is 11.0. The lowest BCUT2D eigenvalue weighted by atomic mass is 10.4. The fourth-order valence-corrected chi connectivity index (χ4v) is 7.33. The standard InChI is InChI=1S/C9H23O2Si2/c1-10-8-6-7-9-13(4,5)11-12(2)3/h6-9H2,1-5H3. The zero-order valence-electron chi connectivity index (χ0n) is 9.64. The third kappa shape index (κ3) is 8.68. The van der Waals surface area contributed by atoms with Gasteiger partial charge in [-0.25, -0.2) is 0 Å². The zero-order chi connectivity index (χ0) is 10.3. The molecule has 0 saturated heterocycles. The average Bonchev–Trinajstić information content (AvgIpc) is 1.95. The van der Waals surface area contributed by atoms with Crippen LogP contribution in [0.3, 0.4) is 0 Å². The molecule has 0 unspecified atom stereocenters. The highest BCUT2D eigenvalue weighted by Crippen LogP contribution is 2.16. The first-order valence-electron chi connectivity index (χ1n) is 4.96. The lowest BCUT2D eigenvalue weighted by Crippen LogP contribution is -2.35. The zero-order valence-corrected chi connectivity index (χ0v) is 11.6. The molecule has 0 aliphatic carbocycles. The Morgan fingerprint density at radius 2 is 1.77 bits per heavy atom. The van der Waals surface area contributed by atoms with E-state index in [2.05, 4.69) is 26.2 Å². The van der Waals surface area contributed by atoms with Crippen molar-refractivity contribution in [2.24, 2.45) is 0 Å². The summed E-state index contributed by atoms with van der Waals surface area (Å²) in [5.74, 6) is 0. The van der Waals surface area contributed by atoms with Crippen LogP contribution < -0.4 is 0 Å². The van der Waals surface area contributed by atoms with Gasteiger partial charge in [0.05, 0.1) is 0 Å². The van der Waals surface area contributed by atoms with E-state index in [0.29, 0.717) is 0 Å². The minimum atomic E-state index is -1.33. The van der Waals surface area contributed by atoms with E-state index in [0.717, 1.165) is 6.61 Å². The minimum Gasteiger partial charge on any atom is -0.456 e. The molecule has 0 fully saturated rings. The van der Waals surface area contributed by atoms with Crippen LogP contribution >= 0.6 is 0 Å². The monoisotopic (exact) mass is 219 g/mol. The molecule has 0 amide bonds. The molecule has 0 aliphatic rings. The highest BCUT2D eigenvalue weighted by atomic mass is 28.4. The second kappa shape index (κ2) is 6.76. The molecule has 0 aromatic carbocycles. The molecule has 79 valence electrons. The van der Waals surface area contributed by atoms with E-state index >= 15 is 0 Å². The SMILES string of the molecule is COCCCC[Si](C)(C)O[Si](C)C. The lowest BCUT2D eigenvalue weighted by Gasteiger charge is -2.25. The van der Waals surface area contributed by atoms with Crippen LogP contribution in [-0.2, 0) is 8.85 Å². The first-order chi connectivity index (χ1) is 5.98. The van der Waals surface area contributed by atoms with Gasteiger partial charge >= 0.3 is 0 Å². The summed E-state index contributed by atoms with van der Waals surface area (Å²) in [5, 5.41) is 0. The summed E-state index contributed by atoms with van der Waals surface area (Å²) in [5.41, 5.74) is 0. The summed E-state index contributed by atoms with van der Waals surface area (Å²) in [7, 11) is -0.0677. The fraction of sp³-hybridized carbons (Fsp3) is 1.00. The van der Waals surface area contributed by atoms with Crippen LogP contribution in [0.2, 0.25) is 32.2 Å². The molecule has 0 rings (SSSR count). The van der Waals surface area contributed by atoms with Gasteiger partial charge in [0.25, 0.3) is 0 Å². The number of hydrogen-bond donors (Lipinski definition) is 0. The normalized spacial score (nSPS) is 12.5. The number of hydrogen-bond acceptors (Lipinski definition) is 2. The van der Waals surface area contributed by atoms with Crippen LogP contribution in [0.5, 0.6) is 0 Å². The maximum atomic E-state index is 6.02. The Bertz CT molecular complexity index is 127. The van der Waals surface area contributed by atoms with Crippen LogP contribution in [0.4, 0.5) is 0 Å². The topological polar surface area (TPSA) is 18.5 Å². The van der Waals surface area contributed by atoms with Crippen LogP contribution in [0.15, 0.2) is 0 Å². The van der Waals surface area contributed by atoms with Gasteiger partial charge in [-0.15, -0.1) is 0 Å². The Hall–Kier alpha value is 0.354. The van der Waals surface area contributed by atoms with Crippen molar-refractivity contribution in [3.63, 3.8) is 0 Å². The molecule has 13 heavy (non-hydrogen) atoms. The average molecular weight is 219 g/mol. The van der Waals surface area contributed by atoms with Gasteiger partial charge in [-0.1, -0.05) is 6.42 Å². The van der Waals surface area contributed by atoms with Gasteiger partial charge in [0.15, 0.2) is 17.4 Å². The van der Waals surface area contributed by atoms with Gasteiger partial charge in [-0.05, 0) is 38.7 Å². The van der Waals surface area contributed by atoms with Crippen molar-refractivity contribution >= 4 is 17.4 Å². The summed E-state index contributed by atoms with van der Waals surface area (Å²) in [4.78, 5) is 0. The van der Waals surface area contributed by atoms with E-state index in [9.17, 15) is 0 Å². The number of rotatable bonds is 7. The first kappa shape index (κ1) is 13.4. The molecule has 0 saturated carbocycles. The molecule has 0 N–H and O–H groups in total. The van der Waals surface area contributed by atoms with Crippen LogP contribution in [0.1, 0.15) is 12.8 Å². The van der Waals surface area contributed by atoms with E-state index in [1.165, 1.54) is 18.9 Å². The van der Waals surface area contributed by atoms with Gasteiger partial charge in [0.1, 0.15) is 0 Å². The molecule has 1 radical (unpaired) electrons. The molecule has 2 nitrogen and oxygen atoms in total. The van der Waals surface area contributed by atoms with E-state index in [4.69, 9.17) is 8.85 Å². The van der Waals surface area contributed by atoms with Crippen molar-refractivity contribution in [2.45, 2.75) is 45.1 Å². The predicted molar refractivity (Wildman–Crippen MR) is 62.0 cm³/mol. The Morgan fingerprint density at radius 3 is 2.23 bits per heavy atom. The van der Waals surface area contributed by atoms with Crippen molar-refractivity contribution < 1.29 is 8.85 Å². The van der Waals surface area contributed by atoms with Gasteiger partial charge < -0.3 is 8.85 Å². The van der Waals surface area contributed by atoms with Gasteiger partial charge in [-0.3, -0.25) is 0 Å². The van der Waals surface area contributed by atoms with Crippen molar-refractivity contribution in [1.29, 1.82) is 0 Å². The molecule has 0 aliphatic heterocycles. The number of ether oxygens (including phenoxy) is 1. The van der Waals surface area contributed by atoms with Gasteiger partial charge in [0.2, 0.25) is 0 Å². The molecular formula is C9H23O2Si2. The number of unbranched alkanes of at least 4 members (excludes halogenated alkanes) is 1. The molecule has 0 spiro atoms. The summed E-state index contributed by atoms with van der Waals surface area (Å²) in [6.45, 7) is 9.96. The van der Waals surface area contributed by atoms with Gasteiger partial charge in [0, 0.05) is 13.7 Å². The summed E-state index contributed by atoms with van der Waals surface area (Å²) in [6, 6.07) is 1.27. The predicted octanol–water partition coefficient (Wildman–Crippen LogP) is 2.89. The van der Waals surface area contributed by atoms with E-state index < -0.39 is 17.4 Å². The van der Waals surface area contributed by atoms with E-state index in [1.807, 2.05) is 0 Å². The van der Waals surface area contributed by atoms with Crippen molar-refractivity contribution in [3.8, 4) is 0 Å². The molecule has 4 heteroatoms. The molecule has 0 aromatic rings. The third-order valence-electron chi connectivity index (χ3n) is 1.86. The summed E-state index contributed by atoms with van der Waals surface area (Å²) >= 11 is 0. The Balaban J connectivity index is 3.50. The highest BCUT2D eigenvalue weighted by molar-refractivity contribution is 6.77. The maximum absolute atomic E-state index is 6.02. The van der Waals surface area contributed by atoms with Crippen molar-refractivity contribution in [2.75, 3.05) is 13.7 Å². The molecular weight excluding hydrogens is 196 g/mol. The van der Waals surface area contributed by atoms with E-state index in [1.54, 1.807) is 7.11 Å². The van der Waals surface area contributed by atoms with Crippen LogP contribution in [0, 0.1) is 0 Å². The van der Waals surface area contributed by atoms with Crippen molar-refractivity contribution in [3.05, 3.63) is 0 Å². The molecule has 0 aromatic heterocycles. The van der Waals surface area contributed by atoms with Crippen molar-refractivity contribution in [1.82, 2.24) is 0 Å². The quantitative estimate of drug-likeness (QED) is 0.484. The van der Waals surface area contributed by atoms with Crippen LogP contribution in [0.25, 0.3) is 0 Å². The Labute approximate surface area is 85.5 Å².